The predicted molar refractivity (Wildman–Crippen MR) is 58.0 cm³/mol. The highest BCUT2D eigenvalue weighted by atomic mass is 16.5. The van der Waals surface area contributed by atoms with Crippen molar-refractivity contribution in [3.05, 3.63) is 29.8 Å². The van der Waals surface area contributed by atoms with E-state index in [0.717, 1.165) is 5.75 Å². The lowest BCUT2D eigenvalue weighted by Gasteiger charge is -2.18. The Balaban J connectivity index is 2.16. The second-order valence-corrected chi connectivity index (χ2v) is 3.94. The molecule has 1 aliphatic heterocycles. The van der Waals surface area contributed by atoms with Crippen LogP contribution in [0.1, 0.15) is 25.3 Å². The fourth-order valence-corrected chi connectivity index (χ4v) is 2.02. The van der Waals surface area contributed by atoms with Crippen LogP contribution >= 0.6 is 0 Å². The van der Waals surface area contributed by atoms with Crippen molar-refractivity contribution in [3.63, 3.8) is 0 Å². The minimum Gasteiger partial charge on any atom is -0.493 e. The lowest BCUT2D eigenvalue weighted by Crippen LogP contribution is -2.36. The maximum Gasteiger partial charge on any atom is 0.217 e. The third-order valence-electron chi connectivity index (χ3n) is 2.77. The molecule has 1 heterocycles. The van der Waals surface area contributed by atoms with Crippen LogP contribution in [0.5, 0.6) is 5.75 Å². The Morgan fingerprint density at radius 2 is 2.27 bits per heavy atom. The molecule has 1 N–H and O–H groups in total. The molecule has 15 heavy (non-hydrogen) atoms. The first-order valence-corrected chi connectivity index (χ1v) is 5.17. The molecule has 1 amide bonds. The van der Waals surface area contributed by atoms with Crippen molar-refractivity contribution in [2.45, 2.75) is 25.8 Å². The van der Waals surface area contributed by atoms with Crippen LogP contribution in [0.25, 0.3) is 0 Å². The van der Waals surface area contributed by atoms with Crippen molar-refractivity contribution in [1.82, 2.24) is 5.32 Å². The SMILES string of the molecule is CC(=O)NC(C)C1COc2ccccc21. The number of para-hydroxylation sites is 1. The van der Waals surface area contributed by atoms with Crippen LogP contribution in [0.15, 0.2) is 24.3 Å². The van der Waals surface area contributed by atoms with E-state index in [1.54, 1.807) is 0 Å². The highest BCUT2D eigenvalue weighted by Crippen LogP contribution is 2.35. The summed E-state index contributed by atoms with van der Waals surface area (Å²) < 4.78 is 5.56. The van der Waals surface area contributed by atoms with Crippen LogP contribution in [0.3, 0.4) is 0 Å². The van der Waals surface area contributed by atoms with Gasteiger partial charge in [-0.15, -0.1) is 0 Å². The van der Waals surface area contributed by atoms with E-state index in [4.69, 9.17) is 4.74 Å². The fourth-order valence-electron chi connectivity index (χ4n) is 2.02. The predicted octanol–water partition coefficient (Wildman–Crippen LogP) is 1.69. The number of ether oxygens (including phenoxy) is 1. The first-order valence-electron chi connectivity index (χ1n) is 5.17. The normalized spacial score (nSPS) is 20.3. The number of amides is 1. The average Bonchev–Trinajstić information content (AvgIpc) is 2.59. The Morgan fingerprint density at radius 1 is 1.53 bits per heavy atom. The molecule has 2 unspecified atom stereocenters. The van der Waals surface area contributed by atoms with Crippen molar-refractivity contribution >= 4 is 5.91 Å². The molecule has 2 atom stereocenters. The molecule has 80 valence electrons. The summed E-state index contributed by atoms with van der Waals surface area (Å²) in [4.78, 5) is 11.0. The molecule has 0 saturated heterocycles. The zero-order valence-corrected chi connectivity index (χ0v) is 8.99. The molecular weight excluding hydrogens is 190 g/mol. The lowest BCUT2D eigenvalue weighted by atomic mass is 9.94. The summed E-state index contributed by atoms with van der Waals surface area (Å²) in [6.07, 6.45) is 0. The van der Waals surface area contributed by atoms with Gasteiger partial charge in [0.2, 0.25) is 5.91 Å². The lowest BCUT2D eigenvalue weighted by molar-refractivity contribution is -0.119. The molecular formula is C12H15NO2. The third-order valence-corrected chi connectivity index (χ3v) is 2.77. The van der Waals surface area contributed by atoms with Crippen LogP contribution in [-0.4, -0.2) is 18.6 Å². The zero-order chi connectivity index (χ0) is 10.8. The van der Waals surface area contributed by atoms with E-state index >= 15 is 0 Å². The van der Waals surface area contributed by atoms with Gasteiger partial charge in [-0.3, -0.25) is 4.79 Å². The molecule has 0 bridgehead atoms. The van der Waals surface area contributed by atoms with Crippen LogP contribution in [-0.2, 0) is 4.79 Å². The van der Waals surface area contributed by atoms with Gasteiger partial charge in [-0.2, -0.15) is 0 Å². The van der Waals surface area contributed by atoms with E-state index < -0.39 is 0 Å². The van der Waals surface area contributed by atoms with Gasteiger partial charge >= 0.3 is 0 Å². The van der Waals surface area contributed by atoms with E-state index in [-0.39, 0.29) is 17.9 Å². The molecule has 2 rings (SSSR count). The quantitative estimate of drug-likeness (QED) is 0.797. The summed E-state index contributed by atoms with van der Waals surface area (Å²) in [7, 11) is 0. The minimum atomic E-state index is 0.00637. The monoisotopic (exact) mass is 205 g/mol. The van der Waals surface area contributed by atoms with Crippen molar-refractivity contribution in [2.24, 2.45) is 0 Å². The van der Waals surface area contributed by atoms with Crippen LogP contribution in [0, 0.1) is 0 Å². The maximum absolute atomic E-state index is 11.0. The highest BCUT2D eigenvalue weighted by Gasteiger charge is 2.28. The fraction of sp³-hybridized carbons (Fsp3) is 0.417. The van der Waals surface area contributed by atoms with Gasteiger partial charge in [-0.25, -0.2) is 0 Å². The average molecular weight is 205 g/mol. The van der Waals surface area contributed by atoms with E-state index in [0.29, 0.717) is 6.61 Å². The van der Waals surface area contributed by atoms with Crippen LogP contribution < -0.4 is 10.1 Å². The van der Waals surface area contributed by atoms with Crippen molar-refractivity contribution in [3.8, 4) is 5.75 Å². The second kappa shape index (κ2) is 3.93. The standard InChI is InChI=1S/C12H15NO2/c1-8(13-9(2)14)11-7-15-12-6-4-3-5-10(11)12/h3-6,8,11H,7H2,1-2H3,(H,13,14). The van der Waals surface area contributed by atoms with Gasteiger partial charge in [0.15, 0.2) is 0 Å². The number of benzene rings is 1. The largest absolute Gasteiger partial charge is 0.493 e. The van der Waals surface area contributed by atoms with E-state index in [9.17, 15) is 4.79 Å². The zero-order valence-electron chi connectivity index (χ0n) is 8.99. The second-order valence-electron chi connectivity index (χ2n) is 3.94. The molecule has 0 saturated carbocycles. The first kappa shape index (κ1) is 10.0. The summed E-state index contributed by atoms with van der Waals surface area (Å²) in [5, 5.41) is 2.91. The van der Waals surface area contributed by atoms with E-state index in [1.807, 2.05) is 25.1 Å². The Bertz CT molecular complexity index is 376. The number of nitrogens with one attached hydrogen (secondary N) is 1. The van der Waals surface area contributed by atoms with E-state index in [1.165, 1.54) is 12.5 Å². The van der Waals surface area contributed by atoms with Crippen LogP contribution in [0.2, 0.25) is 0 Å². The molecule has 0 aliphatic carbocycles. The van der Waals surface area contributed by atoms with Gasteiger partial charge in [0.05, 0.1) is 6.61 Å². The smallest absolute Gasteiger partial charge is 0.217 e. The summed E-state index contributed by atoms with van der Waals surface area (Å²) in [6, 6.07) is 8.11. The molecule has 1 aromatic rings. The topological polar surface area (TPSA) is 38.3 Å². The molecule has 3 nitrogen and oxygen atoms in total. The van der Waals surface area contributed by atoms with Crippen molar-refractivity contribution < 1.29 is 9.53 Å². The maximum atomic E-state index is 11.0. The molecule has 0 aromatic heterocycles. The number of carbonyl (C=O) groups excluding carboxylic acids is 1. The molecule has 0 radical (unpaired) electrons. The number of rotatable bonds is 2. The summed E-state index contributed by atoms with van der Waals surface area (Å²) >= 11 is 0. The number of fused-ring (bicyclic) bond motifs is 1. The molecule has 0 fully saturated rings. The Hall–Kier alpha value is -1.51. The van der Waals surface area contributed by atoms with Crippen molar-refractivity contribution in [1.29, 1.82) is 0 Å². The van der Waals surface area contributed by atoms with Crippen molar-refractivity contribution in [2.75, 3.05) is 6.61 Å². The Kier molecular flexibility index (Phi) is 2.62. The molecule has 0 spiro atoms. The van der Waals surface area contributed by atoms with Gasteiger partial charge in [0, 0.05) is 24.4 Å². The molecule has 1 aliphatic rings. The molecule has 1 aromatic carbocycles. The number of carbonyl (C=O) groups is 1. The third kappa shape index (κ3) is 1.96. The Morgan fingerprint density at radius 3 is 3.00 bits per heavy atom. The number of hydrogen-bond acceptors (Lipinski definition) is 2. The van der Waals surface area contributed by atoms with Gasteiger partial charge in [0.25, 0.3) is 0 Å². The van der Waals surface area contributed by atoms with Gasteiger partial charge in [-0.1, -0.05) is 18.2 Å². The Labute approximate surface area is 89.4 Å². The molecule has 3 heteroatoms. The van der Waals surface area contributed by atoms with Crippen LogP contribution in [0.4, 0.5) is 0 Å². The summed E-state index contributed by atoms with van der Waals surface area (Å²) in [5.74, 6) is 1.22. The number of hydrogen-bond donors (Lipinski definition) is 1. The van der Waals surface area contributed by atoms with Gasteiger partial charge < -0.3 is 10.1 Å². The minimum absolute atomic E-state index is 0.00637. The summed E-state index contributed by atoms with van der Waals surface area (Å²) in [6.45, 7) is 4.20. The highest BCUT2D eigenvalue weighted by molar-refractivity contribution is 5.73. The first-order chi connectivity index (χ1) is 7.18. The van der Waals surface area contributed by atoms with Gasteiger partial charge in [-0.05, 0) is 13.0 Å². The summed E-state index contributed by atoms with van der Waals surface area (Å²) in [5.41, 5.74) is 1.19. The van der Waals surface area contributed by atoms with Gasteiger partial charge in [0.1, 0.15) is 5.75 Å². The van der Waals surface area contributed by atoms with E-state index in [2.05, 4.69) is 11.4 Å².